The van der Waals surface area contributed by atoms with Gasteiger partial charge in [-0.05, 0) is 52.9 Å². The maximum atomic E-state index is 14.2. The first kappa shape index (κ1) is 33.2. The van der Waals surface area contributed by atoms with Crippen LogP contribution in [0.2, 0.25) is 0 Å². The third kappa shape index (κ3) is 9.66. The quantitative estimate of drug-likeness (QED) is 0.206. The van der Waals surface area contributed by atoms with E-state index in [0.29, 0.717) is 24.3 Å². The van der Waals surface area contributed by atoms with E-state index in [4.69, 9.17) is 9.47 Å². The average Bonchev–Trinajstić information content (AvgIpc) is 3.05. The molecule has 45 heavy (non-hydrogen) atoms. The number of benzene rings is 4. The van der Waals surface area contributed by atoms with Crippen molar-refractivity contribution in [3.8, 4) is 11.5 Å². The zero-order chi connectivity index (χ0) is 32.2. The maximum absolute atomic E-state index is 14.2. The summed E-state index contributed by atoms with van der Waals surface area (Å²) in [5, 5.41) is 3.01. The van der Waals surface area contributed by atoms with Crippen LogP contribution in [0.25, 0.3) is 0 Å². The Morgan fingerprint density at radius 1 is 0.711 bits per heavy atom. The van der Waals surface area contributed by atoms with E-state index in [0.717, 1.165) is 33.0 Å². The van der Waals surface area contributed by atoms with E-state index >= 15 is 0 Å². The van der Waals surface area contributed by atoms with Gasteiger partial charge in [0, 0.05) is 19.6 Å². The lowest BCUT2D eigenvalue weighted by Gasteiger charge is -2.33. The number of carbonyl (C=O) groups excluding carboxylic acids is 2. The number of carbonyl (C=O) groups is 2. The molecule has 4 aromatic carbocycles. The second-order valence-electron chi connectivity index (χ2n) is 10.6. The Morgan fingerprint density at radius 2 is 1.22 bits per heavy atom. The molecule has 9 nitrogen and oxygen atoms in total. The predicted molar refractivity (Wildman–Crippen MR) is 174 cm³/mol. The van der Waals surface area contributed by atoms with Gasteiger partial charge in [-0.2, -0.15) is 4.31 Å². The molecule has 0 heterocycles. The van der Waals surface area contributed by atoms with Crippen molar-refractivity contribution in [2.75, 3.05) is 33.6 Å². The Kier molecular flexibility index (Phi) is 11.7. The van der Waals surface area contributed by atoms with Gasteiger partial charge in [-0.25, -0.2) is 8.42 Å². The van der Waals surface area contributed by atoms with Gasteiger partial charge in [-0.15, -0.1) is 0 Å². The highest BCUT2D eigenvalue weighted by Gasteiger charge is 2.33. The normalized spacial score (nSPS) is 11.9. The molecule has 4 rings (SSSR count). The van der Waals surface area contributed by atoms with Gasteiger partial charge in [0.1, 0.15) is 17.5 Å². The monoisotopic (exact) mass is 629 g/mol. The number of amides is 2. The molecule has 0 aliphatic carbocycles. The lowest BCUT2D eigenvalue weighted by atomic mass is 10.0. The lowest BCUT2D eigenvalue weighted by Crippen LogP contribution is -2.48. The topological polar surface area (TPSA) is 105 Å². The molecule has 0 saturated heterocycles. The summed E-state index contributed by atoms with van der Waals surface area (Å²) in [5.74, 6) is 0.519. The smallest absolute Gasteiger partial charge is 0.247 e. The number of methoxy groups -OCH3 is 2. The summed E-state index contributed by atoms with van der Waals surface area (Å²) in [6.07, 6.45) is 1.65. The summed E-state index contributed by atoms with van der Waals surface area (Å²) >= 11 is 0. The first-order valence-electron chi connectivity index (χ1n) is 14.5. The molecule has 0 fully saturated rings. The highest BCUT2D eigenvalue weighted by atomic mass is 32.2. The predicted octanol–water partition coefficient (Wildman–Crippen LogP) is 4.59. The van der Waals surface area contributed by atoms with E-state index in [1.54, 1.807) is 62.8 Å². The lowest BCUT2D eigenvalue weighted by molar-refractivity contribution is -0.141. The Bertz CT molecular complexity index is 1630. The molecule has 1 N–H and O–H groups in total. The van der Waals surface area contributed by atoms with Crippen molar-refractivity contribution >= 4 is 21.8 Å². The Morgan fingerprint density at radius 3 is 1.76 bits per heavy atom. The molecule has 2 amide bonds. The standard InChI is InChI=1S/C35H39N3O6S/c1-43-31-18-14-27(15-19-31)22-23-36-35(40)34(30-12-8-5-9-13-30)38(25-29-16-20-32(44-2)21-17-29)33(39)26-37(45(3,41)42)24-28-10-6-4-7-11-28/h4-21,34H,22-26H2,1-3H3,(H,36,40)/t34-/m1/s1. The first-order chi connectivity index (χ1) is 21.7. The Balaban J connectivity index is 1.64. The molecule has 0 saturated carbocycles. The summed E-state index contributed by atoms with van der Waals surface area (Å²) in [5.41, 5.74) is 3.12. The third-order valence-corrected chi connectivity index (χ3v) is 8.56. The largest absolute Gasteiger partial charge is 0.497 e. The van der Waals surface area contributed by atoms with Crippen LogP contribution in [0.4, 0.5) is 0 Å². The summed E-state index contributed by atoms with van der Waals surface area (Å²) in [6.45, 7) is -0.0159. The maximum Gasteiger partial charge on any atom is 0.247 e. The molecule has 0 aliphatic rings. The molecule has 236 valence electrons. The second-order valence-corrected chi connectivity index (χ2v) is 12.6. The molecule has 4 aromatic rings. The van der Waals surface area contributed by atoms with E-state index in [1.807, 2.05) is 60.7 Å². The van der Waals surface area contributed by atoms with Crippen LogP contribution in [0, 0.1) is 0 Å². The van der Waals surface area contributed by atoms with Crippen molar-refractivity contribution in [3.63, 3.8) is 0 Å². The van der Waals surface area contributed by atoms with Gasteiger partial charge < -0.3 is 19.7 Å². The van der Waals surface area contributed by atoms with Gasteiger partial charge in [-0.3, -0.25) is 9.59 Å². The molecule has 0 radical (unpaired) electrons. The van der Waals surface area contributed by atoms with Gasteiger partial charge in [0.2, 0.25) is 21.8 Å². The van der Waals surface area contributed by atoms with Crippen LogP contribution in [-0.2, 0) is 39.1 Å². The first-order valence-corrected chi connectivity index (χ1v) is 16.4. The van der Waals surface area contributed by atoms with Crippen LogP contribution in [0.5, 0.6) is 11.5 Å². The molecular weight excluding hydrogens is 590 g/mol. The summed E-state index contributed by atoms with van der Waals surface area (Å²) in [4.78, 5) is 29.6. The number of nitrogens with zero attached hydrogens (tertiary/aromatic N) is 2. The van der Waals surface area contributed by atoms with Crippen molar-refractivity contribution in [2.24, 2.45) is 0 Å². The highest BCUT2D eigenvalue weighted by molar-refractivity contribution is 7.88. The number of hydrogen-bond donors (Lipinski definition) is 1. The number of ether oxygens (including phenoxy) is 2. The van der Waals surface area contributed by atoms with Gasteiger partial charge >= 0.3 is 0 Å². The van der Waals surface area contributed by atoms with Gasteiger partial charge in [0.05, 0.1) is 27.0 Å². The second kappa shape index (κ2) is 15.9. The van der Waals surface area contributed by atoms with E-state index in [9.17, 15) is 18.0 Å². The minimum atomic E-state index is -3.77. The van der Waals surface area contributed by atoms with E-state index in [1.165, 1.54) is 4.90 Å². The summed E-state index contributed by atoms with van der Waals surface area (Å²) < 4.78 is 37.4. The minimum Gasteiger partial charge on any atom is -0.497 e. The highest BCUT2D eigenvalue weighted by Crippen LogP contribution is 2.26. The fourth-order valence-electron chi connectivity index (χ4n) is 4.90. The van der Waals surface area contributed by atoms with Crippen molar-refractivity contribution in [1.29, 1.82) is 0 Å². The fourth-order valence-corrected chi connectivity index (χ4v) is 5.63. The van der Waals surface area contributed by atoms with Crippen LogP contribution in [0.1, 0.15) is 28.3 Å². The van der Waals surface area contributed by atoms with Crippen LogP contribution in [0.15, 0.2) is 109 Å². The third-order valence-electron chi connectivity index (χ3n) is 7.36. The SMILES string of the molecule is COc1ccc(CCNC(=O)[C@@H](c2ccccc2)N(Cc2ccc(OC)cc2)C(=O)CN(Cc2ccccc2)S(C)(=O)=O)cc1. The average molecular weight is 630 g/mol. The van der Waals surface area contributed by atoms with Crippen LogP contribution < -0.4 is 14.8 Å². The van der Waals surface area contributed by atoms with Crippen LogP contribution in [-0.4, -0.2) is 63.0 Å². The van der Waals surface area contributed by atoms with Gasteiger partial charge in [0.15, 0.2) is 0 Å². The van der Waals surface area contributed by atoms with Crippen molar-refractivity contribution in [1.82, 2.24) is 14.5 Å². The molecular formula is C35H39N3O6S. The molecule has 0 spiro atoms. The van der Waals surface area contributed by atoms with E-state index < -0.39 is 28.5 Å². The zero-order valence-corrected chi connectivity index (χ0v) is 26.6. The van der Waals surface area contributed by atoms with Gasteiger partial charge in [-0.1, -0.05) is 84.9 Å². The zero-order valence-electron chi connectivity index (χ0n) is 25.8. The fraction of sp³-hybridized carbons (Fsp3) is 0.257. The summed E-state index contributed by atoms with van der Waals surface area (Å²) in [7, 11) is -0.600. The number of sulfonamides is 1. The molecule has 1 atom stereocenters. The van der Waals surface area contributed by atoms with E-state index in [2.05, 4.69) is 5.32 Å². The number of hydrogen-bond acceptors (Lipinski definition) is 6. The van der Waals surface area contributed by atoms with Crippen LogP contribution >= 0.6 is 0 Å². The Labute approximate surface area is 265 Å². The summed E-state index contributed by atoms with van der Waals surface area (Å²) in [6, 6.07) is 31.9. The van der Waals surface area contributed by atoms with Crippen molar-refractivity contribution in [3.05, 3.63) is 131 Å². The van der Waals surface area contributed by atoms with E-state index in [-0.39, 0.29) is 19.0 Å². The van der Waals surface area contributed by atoms with Crippen molar-refractivity contribution < 1.29 is 27.5 Å². The van der Waals surface area contributed by atoms with Crippen molar-refractivity contribution in [2.45, 2.75) is 25.6 Å². The minimum absolute atomic E-state index is 0.0197. The van der Waals surface area contributed by atoms with Crippen LogP contribution in [0.3, 0.4) is 0 Å². The molecule has 0 aliphatic heterocycles. The molecule has 0 bridgehead atoms. The molecule has 0 unspecified atom stereocenters. The van der Waals surface area contributed by atoms with Gasteiger partial charge in [0.25, 0.3) is 0 Å². The number of rotatable bonds is 15. The number of nitrogens with one attached hydrogen (secondary N) is 1. The molecule has 10 heteroatoms. The molecule has 0 aromatic heterocycles. The Hall–Kier alpha value is -4.67.